The van der Waals surface area contributed by atoms with Crippen LogP contribution in [-0.2, 0) is 0 Å². The van der Waals surface area contributed by atoms with E-state index in [4.69, 9.17) is 0 Å². The smallest absolute Gasteiger partial charge is 0.0464 e. The third kappa shape index (κ3) is 2.17. The molecule has 0 spiro atoms. The van der Waals surface area contributed by atoms with Crippen molar-refractivity contribution in [3.05, 3.63) is 46.2 Å². The monoisotopic (exact) mass is 332 g/mol. The molecule has 0 aliphatic rings. The number of fused-ring (bicyclic) bond motifs is 1. The lowest BCUT2D eigenvalue weighted by Crippen LogP contribution is -1.61. The fourth-order valence-electron chi connectivity index (χ4n) is 2.20. The lowest BCUT2D eigenvalue weighted by Gasteiger charge is -1.90. The minimum Gasteiger partial charge on any atom is -0.143 e. The van der Waals surface area contributed by atoms with Crippen molar-refractivity contribution in [1.29, 1.82) is 0 Å². The maximum Gasteiger partial charge on any atom is 0.0464 e. The molecule has 0 aromatic carbocycles. The lowest BCUT2D eigenvalue weighted by molar-refractivity contribution is 1.56. The summed E-state index contributed by atoms with van der Waals surface area (Å²) >= 11 is 7.51. The lowest BCUT2D eigenvalue weighted by atomic mass is 10.3. The molecule has 0 aliphatic carbocycles. The number of rotatable bonds is 2. The molecule has 100 valence electrons. The van der Waals surface area contributed by atoms with E-state index in [1.54, 1.807) is 0 Å². The predicted octanol–water partition coefficient (Wildman–Crippen LogP) is 7.04. The highest BCUT2D eigenvalue weighted by Gasteiger charge is 2.11. The Hall–Kier alpha value is -0.940. The third-order valence-corrected chi connectivity index (χ3v) is 7.93. The summed E-state index contributed by atoms with van der Waals surface area (Å²) in [5.74, 6) is 0. The predicted molar refractivity (Wildman–Crippen MR) is 95.8 cm³/mol. The second-order valence-electron chi connectivity index (χ2n) is 4.93. The van der Waals surface area contributed by atoms with Gasteiger partial charge < -0.3 is 0 Å². The van der Waals surface area contributed by atoms with Crippen molar-refractivity contribution in [3.63, 3.8) is 0 Å². The summed E-state index contributed by atoms with van der Waals surface area (Å²) in [6.07, 6.45) is 0. The van der Waals surface area contributed by atoms with Crippen LogP contribution in [0.4, 0.5) is 0 Å². The van der Waals surface area contributed by atoms with Crippen LogP contribution in [0.3, 0.4) is 0 Å². The molecule has 0 bridgehead atoms. The van der Waals surface area contributed by atoms with E-state index in [2.05, 4.69) is 48.9 Å². The maximum absolute atomic E-state index is 2.35. The van der Waals surface area contributed by atoms with Gasteiger partial charge in [0, 0.05) is 28.9 Å². The normalized spacial score (nSPS) is 11.5. The molecule has 0 saturated heterocycles. The molecule has 0 unspecified atom stereocenters. The van der Waals surface area contributed by atoms with Crippen LogP contribution in [0.25, 0.3) is 28.9 Å². The van der Waals surface area contributed by atoms with Gasteiger partial charge in [-0.2, -0.15) is 0 Å². The average Bonchev–Trinajstić information content (AvgIpc) is 3.09. The molecular weight excluding hydrogens is 320 g/mol. The highest BCUT2D eigenvalue weighted by molar-refractivity contribution is 7.33. The van der Waals surface area contributed by atoms with Crippen LogP contribution in [0.2, 0.25) is 0 Å². The molecule has 0 aliphatic heterocycles. The quantitative estimate of drug-likeness (QED) is 0.369. The molecule has 0 radical (unpaired) electrons. The molecule has 4 rings (SSSR count). The van der Waals surface area contributed by atoms with Crippen LogP contribution >= 0.6 is 45.3 Å². The molecule has 0 atom stereocenters. The van der Waals surface area contributed by atoms with Gasteiger partial charge in [-0.15, -0.1) is 45.3 Å². The Morgan fingerprint density at radius 3 is 1.40 bits per heavy atom. The van der Waals surface area contributed by atoms with Gasteiger partial charge in [0.05, 0.1) is 0 Å². The van der Waals surface area contributed by atoms with Crippen molar-refractivity contribution in [1.82, 2.24) is 0 Å². The van der Waals surface area contributed by atoms with E-state index in [1.165, 1.54) is 40.0 Å². The van der Waals surface area contributed by atoms with Crippen LogP contribution in [-0.4, -0.2) is 0 Å². The molecule has 0 N–H and O–H groups in total. The standard InChI is InChI=1S/C16H12S4/c1-9-3-11(17-7-9)13-5-15-16(19-13)6-14(20-15)12-4-10(2)8-18-12/h3-8H,1-2H3. The molecule has 0 nitrogen and oxygen atoms in total. The SMILES string of the molecule is Cc1csc(-c2cc3sc(-c4cc(C)cs4)cc3s2)c1. The van der Waals surface area contributed by atoms with Crippen LogP contribution in [0.15, 0.2) is 35.0 Å². The van der Waals surface area contributed by atoms with Crippen LogP contribution in [0, 0.1) is 13.8 Å². The largest absolute Gasteiger partial charge is 0.143 e. The number of thiophene rings is 4. The molecule has 4 heteroatoms. The van der Waals surface area contributed by atoms with Gasteiger partial charge >= 0.3 is 0 Å². The fraction of sp³-hybridized carbons (Fsp3) is 0.125. The Morgan fingerprint density at radius 2 is 1.05 bits per heavy atom. The van der Waals surface area contributed by atoms with Crippen LogP contribution < -0.4 is 0 Å². The van der Waals surface area contributed by atoms with Crippen molar-refractivity contribution < 1.29 is 0 Å². The molecule has 4 heterocycles. The first-order valence-corrected chi connectivity index (χ1v) is 9.73. The van der Waals surface area contributed by atoms with E-state index in [0.29, 0.717) is 0 Å². The molecular formula is C16H12S4. The molecule has 0 fully saturated rings. The highest BCUT2D eigenvalue weighted by atomic mass is 32.1. The summed E-state index contributed by atoms with van der Waals surface area (Å²) in [5, 5.41) is 4.45. The van der Waals surface area contributed by atoms with Crippen molar-refractivity contribution in [2.45, 2.75) is 13.8 Å². The van der Waals surface area contributed by atoms with E-state index in [1.807, 2.05) is 45.3 Å². The Morgan fingerprint density at radius 1 is 0.600 bits per heavy atom. The van der Waals surface area contributed by atoms with Crippen LogP contribution in [0.5, 0.6) is 0 Å². The van der Waals surface area contributed by atoms with E-state index < -0.39 is 0 Å². The van der Waals surface area contributed by atoms with E-state index in [0.717, 1.165) is 0 Å². The van der Waals surface area contributed by atoms with Gasteiger partial charge in [0.15, 0.2) is 0 Å². The first-order valence-electron chi connectivity index (χ1n) is 6.33. The summed E-state index contributed by atoms with van der Waals surface area (Å²) in [5.41, 5.74) is 2.72. The number of hydrogen-bond donors (Lipinski definition) is 0. The van der Waals surface area contributed by atoms with Gasteiger partial charge in [-0.05, 0) is 60.0 Å². The highest BCUT2D eigenvalue weighted by Crippen LogP contribution is 2.44. The first-order chi connectivity index (χ1) is 9.69. The topological polar surface area (TPSA) is 0 Å². The summed E-state index contributed by atoms with van der Waals surface area (Å²) < 4.78 is 2.83. The van der Waals surface area contributed by atoms with Gasteiger partial charge in [0.1, 0.15) is 0 Å². The molecule has 4 aromatic heterocycles. The molecule has 0 amide bonds. The molecule has 20 heavy (non-hydrogen) atoms. The number of hydrogen-bond acceptors (Lipinski definition) is 4. The zero-order valence-corrected chi connectivity index (χ0v) is 14.4. The van der Waals surface area contributed by atoms with Crippen molar-refractivity contribution >= 4 is 54.7 Å². The third-order valence-electron chi connectivity index (χ3n) is 3.15. The molecule has 4 aromatic rings. The van der Waals surface area contributed by atoms with E-state index in [-0.39, 0.29) is 0 Å². The minimum absolute atomic E-state index is 1.36. The van der Waals surface area contributed by atoms with Gasteiger partial charge in [-0.1, -0.05) is 0 Å². The van der Waals surface area contributed by atoms with Crippen LogP contribution in [0.1, 0.15) is 11.1 Å². The van der Waals surface area contributed by atoms with Crippen molar-refractivity contribution in [2.24, 2.45) is 0 Å². The first kappa shape index (κ1) is 12.8. The summed E-state index contributed by atoms with van der Waals surface area (Å²) in [6.45, 7) is 4.32. The Kier molecular flexibility index (Phi) is 3.07. The summed E-state index contributed by atoms with van der Waals surface area (Å²) in [4.78, 5) is 5.59. The molecule has 0 saturated carbocycles. The fourth-order valence-corrected chi connectivity index (χ4v) is 6.58. The average molecular weight is 333 g/mol. The zero-order valence-electron chi connectivity index (χ0n) is 11.1. The Balaban J connectivity index is 1.77. The second kappa shape index (κ2) is 4.81. The summed E-state index contributed by atoms with van der Waals surface area (Å²) in [6, 6.07) is 9.26. The maximum atomic E-state index is 2.35. The van der Waals surface area contributed by atoms with Crippen molar-refractivity contribution in [3.8, 4) is 19.5 Å². The van der Waals surface area contributed by atoms with Gasteiger partial charge in [0.25, 0.3) is 0 Å². The minimum atomic E-state index is 1.36. The summed E-state index contributed by atoms with van der Waals surface area (Å²) in [7, 11) is 0. The van der Waals surface area contributed by atoms with Crippen molar-refractivity contribution in [2.75, 3.05) is 0 Å². The van der Waals surface area contributed by atoms with Gasteiger partial charge in [-0.25, -0.2) is 0 Å². The Labute approximate surface area is 134 Å². The zero-order chi connectivity index (χ0) is 13.7. The second-order valence-corrected chi connectivity index (χ2v) is 8.92. The van der Waals surface area contributed by atoms with E-state index >= 15 is 0 Å². The van der Waals surface area contributed by atoms with Gasteiger partial charge in [-0.3, -0.25) is 0 Å². The Bertz CT molecular complexity index is 783. The van der Waals surface area contributed by atoms with Gasteiger partial charge in [0.2, 0.25) is 0 Å². The number of aryl methyl sites for hydroxylation is 2. The van der Waals surface area contributed by atoms with E-state index in [9.17, 15) is 0 Å².